The van der Waals surface area contributed by atoms with Crippen molar-refractivity contribution in [1.29, 1.82) is 0 Å². The molecule has 0 aromatic rings. The predicted molar refractivity (Wildman–Crippen MR) is 80.3 cm³/mol. The van der Waals surface area contributed by atoms with Gasteiger partial charge in [0.1, 0.15) is 6.04 Å². The van der Waals surface area contributed by atoms with Gasteiger partial charge in [0.2, 0.25) is 11.8 Å². The van der Waals surface area contributed by atoms with Crippen molar-refractivity contribution in [1.82, 2.24) is 15.5 Å². The lowest BCUT2D eigenvalue weighted by molar-refractivity contribution is -0.135. The number of hydrogen-bond acceptors (Lipinski definition) is 3. The van der Waals surface area contributed by atoms with Gasteiger partial charge < -0.3 is 10.2 Å². The van der Waals surface area contributed by atoms with E-state index in [1.54, 1.807) is 0 Å². The number of piperazine rings is 1. The molecule has 1 saturated heterocycles. The molecule has 0 aromatic heterocycles. The highest BCUT2D eigenvalue weighted by atomic mass is 16.2. The van der Waals surface area contributed by atoms with E-state index in [1.165, 1.54) is 0 Å². The minimum absolute atomic E-state index is 0.0371. The summed E-state index contributed by atoms with van der Waals surface area (Å²) >= 11 is 0. The molecule has 2 amide bonds. The molecule has 1 unspecified atom stereocenters. The summed E-state index contributed by atoms with van der Waals surface area (Å²) < 4.78 is 0. The van der Waals surface area contributed by atoms with Crippen LogP contribution in [0.25, 0.3) is 0 Å². The topological polar surface area (TPSA) is 61.4 Å². The van der Waals surface area contributed by atoms with Crippen LogP contribution in [0.15, 0.2) is 0 Å². The Labute approximate surface area is 122 Å². The summed E-state index contributed by atoms with van der Waals surface area (Å²) in [7, 11) is 0. The first kappa shape index (κ1) is 17.0. The SMILES string of the molecule is CC(C)CCN(CCC(C)C)C(=O)C1CNC(=O)CN1. The van der Waals surface area contributed by atoms with E-state index in [0.29, 0.717) is 18.4 Å². The lowest BCUT2D eigenvalue weighted by Gasteiger charge is -2.31. The summed E-state index contributed by atoms with van der Waals surface area (Å²) in [6.07, 6.45) is 2.03. The van der Waals surface area contributed by atoms with Gasteiger partial charge in [0, 0.05) is 19.6 Å². The zero-order valence-corrected chi connectivity index (χ0v) is 13.2. The molecular weight excluding hydrogens is 254 g/mol. The monoisotopic (exact) mass is 283 g/mol. The highest BCUT2D eigenvalue weighted by Crippen LogP contribution is 2.08. The lowest BCUT2D eigenvalue weighted by atomic mass is 10.1. The molecule has 0 spiro atoms. The highest BCUT2D eigenvalue weighted by Gasteiger charge is 2.27. The van der Waals surface area contributed by atoms with Crippen LogP contribution < -0.4 is 10.6 Å². The number of nitrogens with zero attached hydrogens (tertiary/aromatic N) is 1. The summed E-state index contributed by atoms with van der Waals surface area (Å²) in [6, 6.07) is -0.271. The maximum atomic E-state index is 12.5. The molecule has 1 aliphatic rings. The third-order valence-corrected chi connectivity index (χ3v) is 3.57. The van der Waals surface area contributed by atoms with Gasteiger partial charge in [0.15, 0.2) is 0 Å². The Balaban J connectivity index is 2.55. The van der Waals surface area contributed by atoms with Gasteiger partial charge in [-0.2, -0.15) is 0 Å². The Bertz CT molecular complexity index is 307. The minimum Gasteiger partial charge on any atom is -0.353 e. The molecule has 1 heterocycles. The Morgan fingerprint density at radius 3 is 2.15 bits per heavy atom. The molecule has 1 atom stereocenters. The van der Waals surface area contributed by atoms with Crippen molar-refractivity contribution >= 4 is 11.8 Å². The van der Waals surface area contributed by atoms with E-state index in [-0.39, 0.29) is 24.4 Å². The molecule has 0 saturated carbocycles. The second kappa shape index (κ2) is 8.25. The Morgan fingerprint density at radius 2 is 1.75 bits per heavy atom. The normalized spacial score (nSPS) is 19.3. The van der Waals surface area contributed by atoms with Crippen molar-refractivity contribution in [3.8, 4) is 0 Å². The Morgan fingerprint density at radius 1 is 1.20 bits per heavy atom. The molecule has 0 radical (unpaired) electrons. The average Bonchev–Trinajstić information content (AvgIpc) is 2.38. The summed E-state index contributed by atoms with van der Waals surface area (Å²) in [4.78, 5) is 25.6. The van der Waals surface area contributed by atoms with Crippen molar-refractivity contribution in [2.45, 2.75) is 46.6 Å². The van der Waals surface area contributed by atoms with Crippen molar-refractivity contribution in [2.75, 3.05) is 26.2 Å². The molecule has 5 nitrogen and oxygen atoms in total. The first-order valence-electron chi connectivity index (χ1n) is 7.69. The van der Waals surface area contributed by atoms with Crippen LogP contribution in [0.2, 0.25) is 0 Å². The number of carbonyl (C=O) groups is 2. The average molecular weight is 283 g/mol. The smallest absolute Gasteiger partial charge is 0.241 e. The molecule has 2 N–H and O–H groups in total. The number of carbonyl (C=O) groups excluding carboxylic acids is 2. The summed E-state index contributed by atoms with van der Waals surface area (Å²) in [5, 5.41) is 5.77. The maximum Gasteiger partial charge on any atom is 0.241 e. The third kappa shape index (κ3) is 5.90. The van der Waals surface area contributed by atoms with Gasteiger partial charge in [-0.15, -0.1) is 0 Å². The van der Waals surface area contributed by atoms with E-state index >= 15 is 0 Å². The van der Waals surface area contributed by atoms with Crippen LogP contribution in [0, 0.1) is 11.8 Å². The van der Waals surface area contributed by atoms with Gasteiger partial charge in [0.25, 0.3) is 0 Å². The molecule has 1 fully saturated rings. The first-order valence-corrected chi connectivity index (χ1v) is 7.69. The molecule has 1 rings (SSSR count). The molecule has 20 heavy (non-hydrogen) atoms. The molecule has 1 aliphatic heterocycles. The van der Waals surface area contributed by atoms with Crippen LogP contribution in [-0.2, 0) is 9.59 Å². The summed E-state index contributed by atoms with van der Waals surface area (Å²) in [6.45, 7) is 10.9. The van der Waals surface area contributed by atoms with Gasteiger partial charge in [0.05, 0.1) is 6.54 Å². The number of hydrogen-bond donors (Lipinski definition) is 2. The van der Waals surface area contributed by atoms with E-state index in [0.717, 1.165) is 25.9 Å². The van der Waals surface area contributed by atoms with Crippen LogP contribution in [0.3, 0.4) is 0 Å². The van der Waals surface area contributed by atoms with Gasteiger partial charge in [-0.05, 0) is 24.7 Å². The van der Waals surface area contributed by atoms with E-state index in [2.05, 4.69) is 38.3 Å². The van der Waals surface area contributed by atoms with E-state index in [9.17, 15) is 9.59 Å². The van der Waals surface area contributed by atoms with Gasteiger partial charge in [-0.25, -0.2) is 0 Å². The van der Waals surface area contributed by atoms with E-state index in [4.69, 9.17) is 0 Å². The van der Waals surface area contributed by atoms with Crippen molar-refractivity contribution in [3.63, 3.8) is 0 Å². The van der Waals surface area contributed by atoms with Crippen LogP contribution in [0.5, 0.6) is 0 Å². The Hall–Kier alpha value is -1.10. The van der Waals surface area contributed by atoms with Crippen molar-refractivity contribution < 1.29 is 9.59 Å². The molecular formula is C15H29N3O2. The maximum absolute atomic E-state index is 12.5. The third-order valence-electron chi connectivity index (χ3n) is 3.57. The van der Waals surface area contributed by atoms with Crippen LogP contribution >= 0.6 is 0 Å². The summed E-state index contributed by atoms with van der Waals surface area (Å²) in [5.74, 6) is 1.25. The fourth-order valence-electron chi connectivity index (χ4n) is 2.12. The number of rotatable bonds is 7. The zero-order valence-electron chi connectivity index (χ0n) is 13.2. The van der Waals surface area contributed by atoms with Crippen LogP contribution in [0.4, 0.5) is 0 Å². The highest BCUT2D eigenvalue weighted by molar-refractivity contribution is 5.86. The van der Waals surface area contributed by atoms with E-state index in [1.807, 2.05) is 4.90 Å². The quantitative estimate of drug-likeness (QED) is 0.732. The minimum atomic E-state index is -0.271. The van der Waals surface area contributed by atoms with Crippen molar-refractivity contribution in [3.05, 3.63) is 0 Å². The second-order valence-electron chi connectivity index (χ2n) is 6.43. The van der Waals surface area contributed by atoms with Gasteiger partial charge >= 0.3 is 0 Å². The molecule has 0 bridgehead atoms. The molecule has 5 heteroatoms. The Kier molecular flexibility index (Phi) is 6.99. The van der Waals surface area contributed by atoms with Crippen LogP contribution in [-0.4, -0.2) is 48.9 Å². The fourth-order valence-corrected chi connectivity index (χ4v) is 2.12. The predicted octanol–water partition coefficient (Wildman–Crippen LogP) is 0.995. The number of nitrogens with one attached hydrogen (secondary N) is 2. The molecule has 0 aliphatic carbocycles. The first-order chi connectivity index (χ1) is 9.40. The molecule has 0 aromatic carbocycles. The van der Waals surface area contributed by atoms with Gasteiger partial charge in [-0.3, -0.25) is 14.9 Å². The standard InChI is InChI=1S/C15H29N3O2/c1-11(2)5-7-18(8-6-12(3)4)15(20)13-9-17-14(19)10-16-13/h11-13,16H,5-10H2,1-4H3,(H,17,19). The summed E-state index contributed by atoms with van der Waals surface area (Å²) in [5.41, 5.74) is 0. The van der Waals surface area contributed by atoms with E-state index < -0.39 is 0 Å². The number of amides is 2. The largest absolute Gasteiger partial charge is 0.353 e. The molecule has 116 valence electrons. The lowest BCUT2D eigenvalue weighted by Crippen LogP contribution is -2.59. The fraction of sp³-hybridized carbons (Fsp3) is 0.867. The zero-order chi connectivity index (χ0) is 15.1. The van der Waals surface area contributed by atoms with Crippen LogP contribution in [0.1, 0.15) is 40.5 Å². The van der Waals surface area contributed by atoms with Crippen molar-refractivity contribution in [2.24, 2.45) is 11.8 Å². The van der Waals surface area contributed by atoms with Gasteiger partial charge in [-0.1, -0.05) is 27.7 Å². The second-order valence-corrected chi connectivity index (χ2v) is 6.43.